The maximum atomic E-state index is 13.0. The number of nitrogens with zero attached hydrogens (tertiary/aromatic N) is 1. The van der Waals surface area contributed by atoms with E-state index in [1.165, 1.54) is 18.2 Å². The number of carbonyl (C=O) groups excluding carboxylic acids is 1. The molecule has 1 saturated heterocycles. The van der Waals surface area contributed by atoms with Crippen LogP contribution in [0.2, 0.25) is 0 Å². The molecule has 1 aliphatic rings. The van der Waals surface area contributed by atoms with Crippen molar-refractivity contribution in [1.82, 2.24) is 9.62 Å². The Balaban J connectivity index is 1.50. The lowest BCUT2D eigenvalue weighted by Crippen LogP contribution is -2.46. The van der Waals surface area contributed by atoms with Crippen LogP contribution in [0.5, 0.6) is 5.75 Å². The van der Waals surface area contributed by atoms with Gasteiger partial charge in [-0.25, -0.2) is 17.5 Å². The Kier molecular flexibility index (Phi) is 7.23. The molecule has 0 saturated carbocycles. The molecule has 0 unspecified atom stereocenters. The van der Waals surface area contributed by atoms with E-state index in [1.807, 2.05) is 31.2 Å². The van der Waals surface area contributed by atoms with Gasteiger partial charge in [0.15, 0.2) is 0 Å². The van der Waals surface area contributed by atoms with Crippen LogP contribution >= 0.6 is 0 Å². The summed E-state index contributed by atoms with van der Waals surface area (Å²) in [6.45, 7) is 3.44. The zero-order valence-corrected chi connectivity index (χ0v) is 17.6. The molecule has 160 valence electrons. The second-order valence-electron chi connectivity index (χ2n) is 7.01. The molecule has 2 aromatic carbocycles. The molecule has 1 N–H and O–H groups in total. The molecule has 0 atom stereocenters. The van der Waals surface area contributed by atoms with Crippen LogP contribution in [-0.4, -0.2) is 45.0 Å². The largest absolute Gasteiger partial charge is 0.494 e. The Bertz CT molecular complexity index is 981. The summed E-state index contributed by atoms with van der Waals surface area (Å²) in [7, 11) is -3.71. The SMILES string of the molecule is CCOc1ccc(/C=C/C(=O)N2CCC(NS(=O)(=O)c3ccc(F)cc3)CC2)cc1. The Labute approximate surface area is 176 Å². The van der Waals surface area contributed by atoms with Gasteiger partial charge >= 0.3 is 0 Å². The third kappa shape index (κ3) is 5.90. The molecule has 1 fully saturated rings. The summed E-state index contributed by atoms with van der Waals surface area (Å²) in [6, 6.07) is 11.9. The summed E-state index contributed by atoms with van der Waals surface area (Å²) in [5.41, 5.74) is 0.897. The van der Waals surface area contributed by atoms with Crippen molar-refractivity contribution in [2.24, 2.45) is 0 Å². The maximum Gasteiger partial charge on any atom is 0.246 e. The van der Waals surface area contributed by atoms with Gasteiger partial charge in [0.2, 0.25) is 15.9 Å². The van der Waals surface area contributed by atoms with E-state index in [-0.39, 0.29) is 16.8 Å². The van der Waals surface area contributed by atoms with Gasteiger partial charge in [-0.15, -0.1) is 0 Å². The molecule has 0 spiro atoms. The maximum absolute atomic E-state index is 13.0. The molecular formula is C22H25FN2O4S. The highest BCUT2D eigenvalue weighted by atomic mass is 32.2. The lowest BCUT2D eigenvalue weighted by molar-refractivity contribution is -0.126. The summed E-state index contributed by atoms with van der Waals surface area (Å²) in [6.07, 6.45) is 4.31. The van der Waals surface area contributed by atoms with E-state index in [1.54, 1.807) is 11.0 Å². The molecule has 0 bridgehead atoms. The van der Waals surface area contributed by atoms with E-state index < -0.39 is 15.8 Å². The number of benzene rings is 2. The number of piperidine rings is 1. The first kappa shape index (κ1) is 22.0. The minimum absolute atomic E-state index is 0.0284. The topological polar surface area (TPSA) is 75.7 Å². The average molecular weight is 433 g/mol. The highest BCUT2D eigenvalue weighted by molar-refractivity contribution is 7.89. The van der Waals surface area contributed by atoms with Crippen LogP contribution in [0.1, 0.15) is 25.3 Å². The third-order valence-electron chi connectivity index (χ3n) is 4.86. The molecule has 1 aliphatic heterocycles. The van der Waals surface area contributed by atoms with Crippen LogP contribution in [-0.2, 0) is 14.8 Å². The van der Waals surface area contributed by atoms with Crippen molar-refractivity contribution in [3.8, 4) is 5.75 Å². The number of sulfonamides is 1. The van der Waals surface area contributed by atoms with E-state index in [0.29, 0.717) is 32.5 Å². The monoisotopic (exact) mass is 432 g/mol. The van der Waals surface area contributed by atoms with Crippen molar-refractivity contribution in [2.75, 3.05) is 19.7 Å². The molecule has 1 amide bonds. The van der Waals surface area contributed by atoms with Crippen molar-refractivity contribution in [3.63, 3.8) is 0 Å². The van der Waals surface area contributed by atoms with E-state index in [4.69, 9.17) is 4.74 Å². The summed E-state index contributed by atoms with van der Waals surface area (Å²) in [5, 5.41) is 0. The number of halogens is 1. The zero-order chi connectivity index (χ0) is 21.6. The van der Waals surface area contributed by atoms with Gasteiger partial charge in [0.25, 0.3) is 0 Å². The fourth-order valence-corrected chi connectivity index (χ4v) is 4.54. The highest BCUT2D eigenvalue weighted by Crippen LogP contribution is 2.17. The Hall–Kier alpha value is -2.71. The van der Waals surface area contributed by atoms with Gasteiger partial charge in [0.05, 0.1) is 11.5 Å². The van der Waals surface area contributed by atoms with Crippen LogP contribution in [0.25, 0.3) is 6.08 Å². The molecule has 0 aromatic heterocycles. The molecule has 8 heteroatoms. The van der Waals surface area contributed by atoms with Gasteiger partial charge in [-0.05, 0) is 67.8 Å². The number of hydrogen-bond donors (Lipinski definition) is 1. The van der Waals surface area contributed by atoms with Crippen molar-refractivity contribution in [3.05, 3.63) is 66.0 Å². The van der Waals surface area contributed by atoms with Gasteiger partial charge in [-0.3, -0.25) is 4.79 Å². The third-order valence-corrected chi connectivity index (χ3v) is 6.40. The van der Waals surface area contributed by atoms with E-state index in [0.717, 1.165) is 23.4 Å². The van der Waals surface area contributed by atoms with Gasteiger partial charge < -0.3 is 9.64 Å². The lowest BCUT2D eigenvalue weighted by Gasteiger charge is -2.31. The van der Waals surface area contributed by atoms with Crippen LogP contribution in [0, 0.1) is 5.82 Å². The number of likely N-dealkylation sites (tertiary alicyclic amines) is 1. The molecule has 6 nitrogen and oxygen atoms in total. The number of ether oxygens (including phenoxy) is 1. The van der Waals surface area contributed by atoms with Crippen molar-refractivity contribution in [1.29, 1.82) is 0 Å². The Morgan fingerprint density at radius 2 is 1.77 bits per heavy atom. The van der Waals surface area contributed by atoms with Crippen LogP contribution in [0.4, 0.5) is 4.39 Å². The van der Waals surface area contributed by atoms with Crippen molar-refractivity contribution in [2.45, 2.75) is 30.7 Å². The van der Waals surface area contributed by atoms with Crippen molar-refractivity contribution < 1.29 is 22.3 Å². The molecule has 30 heavy (non-hydrogen) atoms. The molecule has 0 radical (unpaired) electrons. The quantitative estimate of drug-likeness (QED) is 0.682. The predicted octanol–water partition coefficient (Wildman–Crippen LogP) is 3.21. The van der Waals surface area contributed by atoms with Gasteiger partial charge in [-0.1, -0.05) is 12.1 Å². The normalized spacial score (nSPS) is 15.5. The molecule has 1 heterocycles. The molecule has 0 aliphatic carbocycles. The Morgan fingerprint density at radius 3 is 2.37 bits per heavy atom. The summed E-state index contributed by atoms with van der Waals surface area (Å²) < 4.78 is 45.9. The summed E-state index contributed by atoms with van der Waals surface area (Å²) in [4.78, 5) is 14.2. The minimum atomic E-state index is -3.71. The van der Waals surface area contributed by atoms with Gasteiger partial charge in [0, 0.05) is 25.2 Å². The fourth-order valence-electron chi connectivity index (χ4n) is 3.23. The van der Waals surface area contributed by atoms with Gasteiger partial charge in [-0.2, -0.15) is 0 Å². The fraction of sp³-hybridized carbons (Fsp3) is 0.318. The average Bonchev–Trinajstić information content (AvgIpc) is 2.74. The van der Waals surface area contributed by atoms with E-state index in [2.05, 4.69) is 4.72 Å². The first-order chi connectivity index (χ1) is 14.4. The molecule has 2 aromatic rings. The summed E-state index contributed by atoms with van der Waals surface area (Å²) >= 11 is 0. The Morgan fingerprint density at radius 1 is 1.13 bits per heavy atom. The first-order valence-corrected chi connectivity index (χ1v) is 11.3. The standard InChI is InChI=1S/C22H25FN2O4S/c1-2-29-20-8-3-17(4-9-20)5-12-22(26)25-15-13-19(14-16-25)24-30(27,28)21-10-6-18(23)7-11-21/h3-12,19,24H,2,13-16H2,1H3/b12-5+. The van der Waals surface area contributed by atoms with Crippen LogP contribution in [0.15, 0.2) is 59.5 Å². The van der Waals surface area contributed by atoms with Crippen LogP contribution in [0.3, 0.4) is 0 Å². The molecular weight excluding hydrogens is 407 g/mol. The highest BCUT2D eigenvalue weighted by Gasteiger charge is 2.26. The van der Waals surface area contributed by atoms with Crippen molar-refractivity contribution >= 4 is 22.0 Å². The number of carbonyl (C=O) groups is 1. The zero-order valence-electron chi connectivity index (χ0n) is 16.8. The molecule has 3 rings (SSSR count). The first-order valence-electron chi connectivity index (χ1n) is 9.85. The van der Waals surface area contributed by atoms with Crippen LogP contribution < -0.4 is 9.46 Å². The number of rotatable bonds is 7. The second kappa shape index (κ2) is 9.86. The number of nitrogens with one attached hydrogen (secondary N) is 1. The smallest absolute Gasteiger partial charge is 0.246 e. The number of amides is 1. The lowest BCUT2D eigenvalue weighted by atomic mass is 10.1. The van der Waals surface area contributed by atoms with E-state index >= 15 is 0 Å². The second-order valence-corrected chi connectivity index (χ2v) is 8.72. The summed E-state index contributed by atoms with van der Waals surface area (Å²) in [5.74, 6) is 0.189. The number of hydrogen-bond acceptors (Lipinski definition) is 4. The minimum Gasteiger partial charge on any atom is -0.494 e. The van der Waals surface area contributed by atoms with Gasteiger partial charge in [0.1, 0.15) is 11.6 Å². The predicted molar refractivity (Wildman–Crippen MR) is 113 cm³/mol. The van der Waals surface area contributed by atoms with E-state index in [9.17, 15) is 17.6 Å².